The minimum absolute atomic E-state index is 0.0974. The topological polar surface area (TPSA) is 111 Å². The predicted octanol–water partition coefficient (Wildman–Crippen LogP) is 6.86. The Balaban J connectivity index is 1.36. The fourth-order valence-corrected chi connectivity index (χ4v) is 4.85. The number of nitriles is 1. The summed E-state index contributed by atoms with van der Waals surface area (Å²) in [5, 5.41) is 12.9. The third kappa shape index (κ3) is 6.76. The predicted molar refractivity (Wildman–Crippen MR) is 157 cm³/mol. The smallest absolute Gasteiger partial charge is 0.307 e. The summed E-state index contributed by atoms with van der Waals surface area (Å²) in [6.45, 7) is 6.39. The maximum Gasteiger partial charge on any atom is 0.307 e. The molecule has 206 valence electrons. The Bertz CT molecular complexity index is 1550. The van der Waals surface area contributed by atoms with E-state index in [9.17, 15) is 4.79 Å². The van der Waals surface area contributed by atoms with Crippen molar-refractivity contribution in [3.63, 3.8) is 0 Å². The molecule has 1 amide bonds. The Morgan fingerprint density at radius 1 is 1.05 bits per heavy atom. The van der Waals surface area contributed by atoms with Crippen molar-refractivity contribution in [3.8, 4) is 29.0 Å². The van der Waals surface area contributed by atoms with Gasteiger partial charge in [0.1, 0.15) is 24.2 Å². The number of furan rings is 1. The molecule has 2 heterocycles. The molecule has 0 spiro atoms. The Morgan fingerprint density at radius 2 is 1.77 bits per heavy atom. The van der Waals surface area contributed by atoms with Crippen LogP contribution in [0, 0.1) is 25.2 Å². The quantitative estimate of drug-likeness (QED) is 0.138. The Labute approximate surface area is 248 Å². The monoisotopic (exact) mass is 668 g/mol. The first kappa shape index (κ1) is 29.0. The molecule has 0 aliphatic rings. The normalized spacial score (nSPS) is 10.9. The van der Waals surface area contributed by atoms with Crippen LogP contribution >= 0.6 is 31.9 Å². The second-order valence-corrected chi connectivity index (χ2v) is 10.1. The van der Waals surface area contributed by atoms with Gasteiger partial charge in [-0.2, -0.15) is 10.4 Å². The summed E-state index contributed by atoms with van der Waals surface area (Å²) in [6.07, 6.45) is 1.46. The van der Waals surface area contributed by atoms with Crippen LogP contribution in [0.25, 0.3) is 5.69 Å². The Morgan fingerprint density at radius 3 is 2.45 bits per heavy atom. The standard InChI is InChI=1S/C29H26Br2N4O5/c1-4-37-25-15-20(26(30)27(31)28(25)38-14-13-32)16-33-34-29(36)24-12-11-23(40-24)17-39-22-9-7-21(8-10-22)35-18(2)5-6-19(35)3/h5-12,15-16H,4,14,17H2,1-3H3,(H,34,36)/b33-16+. The maximum absolute atomic E-state index is 12.6. The summed E-state index contributed by atoms with van der Waals surface area (Å²) in [7, 11) is 0. The summed E-state index contributed by atoms with van der Waals surface area (Å²) >= 11 is 6.93. The molecule has 9 nitrogen and oxygen atoms in total. The van der Waals surface area contributed by atoms with Gasteiger partial charge in [0, 0.05) is 27.1 Å². The number of nitrogens with one attached hydrogen (secondary N) is 1. The largest absolute Gasteiger partial charge is 0.490 e. The number of hydrogen-bond acceptors (Lipinski definition) is 7. The number of benzene rings is 2. The molecule has 2 aromatic heterocycles. The van der Waals surface area contributed by atoms with E-state index >= 15 is 0 Å². The van der Waals surface area contributed by atoms with Gasteiger partial charge in [0.2, 0.25) is 0 Å². The van der Waals surface area contributed by atoms with Gasteiger partial charge in [-0.15, -0.1) is 0 Å². The number of hydrazone groups is 1. The lowest BCUT2D eigenvalue weighted by Crippen LogP contribution is -2.17. The van der Waals surface area contributed by atoms with Crippen molar-refractivity contribution >= 4 is 44.0 Å². The Hall–Kier alpha value is -4.01. The van der Waals surface area contributed by atoms with Gasteiger partial charge in [0.05, 0.1) is 17.3 Å². The number of rotatable bonds is 11. The average molecular weight is 670 g/mol. The number of aromatic nitrogens is 1. The van der Waals surface area contributed by atoms with E-state index in [1.54, 1.807) is 18.2 Å². The Kier molecular flexibility index (Phi) is 9.69. The van der Waals surface area contributed by atoms with E-state index in [1.807, 2.05) is 37.3 Å². The molecule has 0 atom stereocenters. The lowest BCUT2D eigenvalue weighted by atomic mass is 10.2. The highest BCUT2D eigenvalue weighted by Crippen LogP contribution is 2.42. The lowest BCUT2D eigenvalue weighted by molar-refractivity contribution is 0.0923. The van der Waals surface area contributed by atoms with Gasteiger partial charge in [-0.1, -0.05) is 0 Å². The summed E-state index contributed by atoms with van der Waals surface area (Å²) < 4.78 is 25.9. The molecular weight excluding hydrogens is 644 g/mol. The molecule has 0 saturated heterocycles. The molecule has 0 aliphatic carbocycles. The third-order valence-electron chi connectivity index (χ3n) is 5.74. The van der Waals surface area contributed by atoms with Crippen molar-refractivity contribution in [2.75, 3.05) is 13.2 Å². The van der Waals surface area contributed by atoms with E-state index in [1.165, 1.54) is 6.21 Å². The number of hydrogen-bond donors (Lipinski definition) is 1. The highest BCUT2D eigenvalue weighted by atomic mass is 79.9. The molecule has 2 aromatic carbocycles. The highest BCUT2D eigenvalue weighted by Gasteiger charge is 2.17. The van der Waals surface area contributed by atoms with Crippen LogP contribution in [-0.4, -0.2) is 29.9 Å². The molecule has 1 N–H and O–H groups in total. The number of nitrogens with zero attached hydrogens (tertiary/aromatic N) is 3. The van der Waals surface area contributed by atoms with Crippen molar-refractivity contribution in [1.29, 1.82) is 5.26 Å². The van der Waals surface area contributed by atoms with Crippen molar-refractivity contribution in [3.05, 3.63) is 92.0 Å². The summed E-state index contributed by atoms with van der Waals surface area (Å²) in [6, 6.07) is 18.8. The van der Waals surface area contributed by atoms with Crippen LogP contribution in [0.5, 0.6) is 17.2 Å². The van der Waals surface area contributed by atoms with Gasteiger partial charge in [0.25, 0.3) is 0 Å². The van der Waals surface area contributed by atoms with Crippen molar-refractivity contribution < 1.29 is 23.4 Å². The molecule has 4 rings (SSSR count). The molecule has 0 fully saturated rings. The zero-order chi connectivity index (χ0) is 28.6. The van der Waals surface area contributed by atoms with Crippen LogP contribution < -0.4 is 19.6 Å². The van der Waals surface area contributed by atoms with Crippen molar-refractivity contribution in [1.82, 2.24) is 9.99 Å². The lowest BCUT2D eigenvalue weighted by Gasteiger charge is -2.14. The second kappa shape index (κ2) is 13.4. The minimum atomic E-state index is -0.515. The highest BCUT2D eigenvalue weighted by molar-refractivity contribution is 9.13. The van der Waals surface area contributed by atoms with Gasteiger partial charge in [-0.25, -0.2) is 5.43 Å². The fourth-order valence-electron chi connectivity index (χ4n) is 3.91. The molecule has 0 saturated carbocycles. The molecule has 0 unspecified atom stereocenters. The van der Waals surface area contributed by atoms with E-state index < -0.39 is 5.91 Å². The van der Waals surface area contributed by atoms with E-state index in [0.717, 1.165) is 17.1 Å². The van der Waals surface area contributed by atoms with Gasteiger partial charge < -0.3 is 23.2 Å². The van der Waals surface area contributed by atoms with Crippen LogP contribution in [0.1, 0.15) is 40.2 Å². The van der Waals surface area contributed by atoms with E-state index in [-0.39, 0.29) is 19.0 Å². The molecular formula is C29H26Br2N4O5. The van der Waals surface area contributed by atoms with Crippen LogP contribution in [0.15, 0.2) is 73.1 Å². The number of amides is 1. The van der Waals surface area contributed by atoms with Gasteiger partial charge in [-0.3, -0.25) is 4.79 Å². The zero-order valence-corrected chi connectivity index (χ0v) is 25.2. The summed E-state index contributed by atoms with van der Waals surface area (Å²) in [4.78, 5) is 12.6. The first-order chi connectivity index (χ1) is 19.3. The molecule has 4 aromatic rings. The number of carbonyl (C=O) groups excluding carboxylic acids is 1. The maximum atomic E-state index is 12.6. The number of halogens is 2. The molecule has 0 bridgehead atoms. The van der Waals surface area contributed by atoms with Gasteiger partial charge in [-0.05, 0) is 107 Å². The van der Waals surface area contributed by atoms with Crippen LogP contribution in [0.2, 0.25) is 0 Å². The summed E-state index contributed by atoms with van der Waals surface area (Å²) in [5.74, 6) is 1.59. The zero-order valence-electron chi connectivity index (χ0n) is 22.0. The third-order valence-corrected chi connectivity index (χ3v) is 7.88. The average Bonchev–Trinajstić information content (AvgIpc) is 3.56. The van der Waals surface area contributed by atoms with E-state index in [2.05, 4.69) is 72.9 Å². The SMILES string of the molecule is CCOc1cc(/C=N/NC(=O)c2ccc(COc3ccc(-n4c(C)ccc4C)cc3)o2)c(Br)c(Br)c1OCC#N. The number of ether oxygens (including phenoxy) is 3. The van der Waals surface area contributed by atoms with E-state index in [0.29, 0.717) is 44.1 Å². The summed E-state index contributed by atoms with van der Waals surface area (Å²) in [5.41, 5.74) is 6.44. The fraction of sp³-hybridized carbons (Fsp3) is 0.207. The molecule has 40 heavy (non-hydrogen) atoms. The molecule has 0 radical (unpaired) electrons. The van der Waals surface area contributed by atoms with Gasteiger partial charge in [0.15, 0.2) is 23.9 Å². The van der Waals surface area contributed by atoms with Crippen LogP contribution in [-0.2, 0) is 6.61 Å². The first-order valence-electron chi connectivity index (χ1n) is 12.3. The van der Waals surface area contributed by atoms with Crippen molar-refractivity contribution in [2.24, 2.45) is 5.10 Å². The van der Waals surface area contributed by atoms with Crippen molar-refractivity contribution in [2.45, 2.75) is 27.4 Å². The first-order valence-corrected chi connectivity index (χ1v) is 13.9. The second-order valence-electron chi connectivity index (χ2n) is 8.50. The van der Waals surface area contributed by atoms with Crippen LogP contribution in [0.4, 0.5) is 0 Å². The molecule has 0 aliphatic heterocycles. The van der Waals surface area contributed by atoms with Gasteiger partial charge >= 0.3 is 5.91 Å². The van der Waals surface area contributed by atoms with Crippen LogP contribution in [0.3, 0.4) is 0 Å². The number of aryl methyl sites for hydroxylation is 2. The minimum Gasteiger partial charge on any atom is -0.490 e. The van der Waals surface area contributed by atoms with E-state index in [4.69, 9.17) is 23.9 Å². The molecule has 11 heteroatoms. The number of carbonyl (C=O) groups is 1.